The van der Waals surface area contributed by atoms with Gasteiger partial charge in [-0.1, -0.05) is 115 Å². The first-order valence-corrected chi connectivity index (χ1v) is 19.7. The van der Waals surface area contributed by atoms with Crippen molar-refractivity contribution in [3.63, 3.8) is 0 Å². The van der Waals surface area contributed by atoms with Gasteiger partial charge in [0.1, 0.15) is 0 Å². The first kappa shape index (κ1) is 31.5. The van der Waals surface area contributed by atoms with Gasteiger partial charge in [0.15, 0.2) is 0 Å². The van der Waals surface area contributed by atoms with E-state index in [0.29, 0.717) is 11.8 Å². The zero-order valence-corrected chi connectivity index (χ0v) is 30.3. The molecule has 0 amide bonds. The molecule has 5 aliphatic carbocycles. The number of nitrogens with zero attached hydrogens (tertiary/aromatic N) is 2. The van der Waals surface area contributed by atoms with Crippen LogP contribution in [-0.2, 0) is 5.41 Å². The third-order valence-electron chi connectivity index (χ3n) is 13.5. The van der Waals surface area contributed by atoms with Crippen LogP contribution in [0.25, 0.3) is 67.0 Å². The van der Waals surface area contributed by atoms with Gasteiger partial charge in [-0.15, -0.1) is 0 Å². The van der Waals surface area contributed by atoms with Crippen molar-refractivity contribution in [1.29, 1.82) is 5.26 Å². The van der Waals surface area contributed by atoms with Gasteiger partial charge in [0.05, 0.1) is 23.0 Å². The number of benzene rings is 6. The van der Waals surface area contributed by atoms with Crippen LogP contribution in [0.3, 0.4) is 0 Å². The van der Waals surface area contributed by atoms with Gasteiger partial charge in [-0.25, -0.2) is 4.98 Å². The first-order chi connectivity index (χ1) is 26.6. The van der Waals surface area contributed by atoms with Gasteiger partial charge in [-0.2, -0.15) is 5.26 Å². The second kappa shape index (κ2) is 12.3. The van der Waals surface area contributed by atoms with Crippen molar-refractivity contribution in [2.24, 2.45) is 23.7 Å². The number of nitriles is 1. The van der Waals surface area contributed by atoms with Crippen LogP contribution in [0.5, 0.6) is 0 Å². The molecule has 4 bridgehead atoms. The number of hydrogen-bond donors (Lipinski definition) is 0. The Morgan fingerprint density at radius 2 is 0.944 bits per heavy atom. The van der Waals surface area contributed by atoms with Gasteiger partial charge in [0, 0.05) is 16.5 Å². The Kier molecular flexibility index (Phi) is 7.15. The standard InChI is InChI=1S/C52H40N2/c53-32-33-17-20-48-47(26-33)46-19-18-42(29-49(46)52(48)44-22-34-21-35(24-44)25-45(52)23-34)40-15-7-13-38(27-40)39-14-8-16-41(28-39)43-30-50(36-9-3-1-4-10-36)54-51(31-43)37-11-5-2-6-12-37/h1-20,26-31,34-35,44-45H,21-25H2. The van der Waals surface area contributed by atoms with Gasteiger partial charge in [-0.3, -0.25) is 0 Å². The van der Waals surface area contributed by atoms with E-state index in [1.54, 1.807) is 0 Å². The summed E-state index contributed by atoms with van der Waals surface area (Å²) in [4.78, 5) is 5.11. The van der Waals surface area contributed by atoms with E-state index in [4.69, 9.17) is 4.98 Å². The largest absolute Gasteiger partial charge is 0.248 e. The average Bonchev–Trinajstić information content (AvgIpc) is 3.52. The summed E-state index contributed by atoms with van der Waals surface area (Å²) >= 11 is 0. The van der Waals surface area contributed by atoms with E-state index in [0.717, 1.165) is 45.5 Å². The predicted octanol–water partition coefficient (Wildman–Crippen LogP) is 13.0. The highest BCUT2D eigenvalue weighted by Crippen LogP contribution is 2.69. The summed E-state index contributed by atoms with van der Waals surface area (Å²) < 4.78 is 0. The van der Waals surface area contributed by atoms with E-state index in [-0.39, 0.29) is 5.41 Å². The van der Waals surface area contributed by atoms with Crippen LogP contribution in [0.2, 0.25) is 0 Å². The molecule has 1 aromatic heterocycles. The fourth-order valence-electron chi connectivity index (χ4n) is 11.4. The maximum absolute atomic E-state index is 9.88. The topological polar surface area (TPSA) is 36.7 Å². The normalized spacial score (nSPS) is 22.9. The molecule has 54 heavy (non-hydrogen) atoms. The molecule has 0 saturated heterocycles. The first-order valence-electron chi connectivity index (χ1n) is 19.7. The minimum Gasteiger partial charge on any atom is -0.248 e. The highest BCUT2D eigenvalue weighted by Gasteiger charge is 2.61. The van der Waals surface area contributed by atoms with Crippen molar-refractivity contribution in [2.75, 3.05) is 0 Å². The average molecular weight is 693 g/mol. The third kappa shape index (κ3) is 4.88. The summed E-state index contributed by atoms with van der Waals surface area (Å²) in [5.41, 5.74) is 17.9. The molecule has 2 nitrogen and oxygen atoms in total. The van der Waals surface area contributed by atoms with E-state index in [1.807, 2.05) is 0 Å². The number of rotatable bonds is 5. The molecule has 0 atom stereocenters. The zero-order valence-electron chi connectivity index (χ0n) is 30.3. The second-order valence-corrected chi connectivity index (χ2v) is 16.3. The maximum atomic E-state index is 9.88. The molecule has 0 radical (unpaired) electrons. The Morgan fingerprint density at radius 3 is 1.50 bits per heavy atom. The van der Waals surface area contributed by atoms with Gasteiger partial charge < -0.3 is 0 Å². The predicted molar refractivity (Wildman–Crippen MR) is 219 cm³/mol. The summed E-state index contributed by atoms with van der Waals surface area (Å²) in [5, 5.41) is 9.88. The third-order valence-corrected chi connectivity index (χ3v) is 13.5. The van der Waals surface area contributed by atoms with E-state index < -0.39 is 0 Å². The summed E-state index contributed by atoms with van der Waals surface area (Å²) in [6.45, 7) is 0. The number of pyridine rings is 1. The molecule has 5 aliphatic rings. The van der Waals surface area contributed by atoms with Crippen LogP contribution < -0.4 is 0 Å². The van der Waals surface area contributed by atoms with Crippen molar-refractivity contribution in [2.45, 2.75) is 37.5 Å². The van der Waals surface area contributed by atoms with Crippen LogP contribution in [0.15, 0.2) is 158 Å². The van der Waals surface area contributed by atoms with Crippen molar-refractivity contribution in [1.82, 2.24) is 4.98 Å². The van der Waals surface area contributed by atoms with Gasteiger partial charge in [-0.05, 0) is 154 Å². The molecule has 0 unspecified atom stereocenters. The molecule has 6 aromatic carbocycles. The van der Waals surface area contributed by atoms with Crippen LogP contribution in [0.4, 0.5) is 0 Å². The minimum absolute atomic E-state index is 0.0652. The summed E-state index contributed by atoms with van der Waals surface area (Å²) in [6.07, 6.45) is 6.82. The van der Waals surface area contributed by atoms with Gasteiger partial charge in [0.2, 0.25) is 0 Å². The molecule has 0 aliphatic heterocycles. The molecule has 1 spiro atoms. The Hall–Kier alpha value is -6.04. The second-order valence-electron chi connectivity index (χ2n) is 16.3. The molecule has 4 fully saturated rings. The molecule has 258 valence electrons. The number of hydrogen-bond acceptors (Lipinski definition) is 2. The molecule has 7 aromatic rings. The highest BCUT2D eigenvalue weighted by atomic mass is 14.7. The Balaban J connectivity index is 0.994. The van der Waals surface area contributed by atoms with Crippen LogP contribution in [-0.4, -0.2) is 4.98 Å². The lowest BCUT2D eigenvalue weighted by Gasteiger charge is -2.61. The van der Waals surface area contributed by atoms with Gasteiger partial charge >= 0.3 is 0 Å². The Bertz CT molecular complexity index is 2540. The van der Waals surface area contributed by atoms with Crippen LogP contribution >= 0.6 is 0 Å². The van der Waals surface area contributed by atoms with Gasteiger partial charge in [0.25, 0.3) is 0 Å². The summed E-state index contributed by atoms with van der Waals surface area (Å²) in [5.74, 6) is 3.15. The minimum atomic E-state index is 0.0652. The SMILES string of the molecule is N#Cc1ccc2c(c1)-c1ccc(-c3cccc(-c4cccc(-c5cc(-c6ccccc6)nc(-c6ccccc6)c5)c4)c3)cc1C21C2CC3CC(C2)CC1C3. The van der Waals surface area contributed by atoms with E-state index in [9.17, 15) is 5.26 Å². The molecule has 0 N–H and O–H groups in total. The summed E-state index contributed by atoms with van der Waals surface area (Å²) in [7, 11) is 0. The lowest BCUT2D eigenvalue weighted by atomic mass is 9.43. The molecule has 12 rings (SSSR count). The Morgan fingerprint density at radius 1 is 0.426 bits per heavy atom. The summed E-state index contributed by atoms with van der Waals surface area (Å²) in [6, 6.07) is 59.7. The highest BCUT2D eigenvalue weighted by molar-refractivity contribution is 5.86. The molecule has 4 saturated carbocycles. The number of fused-ring (bicyclic) bond motifs is 3. The Labute approximate surface area is 317 Å². The zero-order chi connectivity index (χ0) is 35.8. The quantitative estimate of drug-likeness (QED) is 0.180. The fourth-order valence-corrected chi connectivity index (χ4v) is 11.4. The smallest absolute Gasteiger partial charge is 0.0991 e. The fraction of sp³-hybridized carbons (Fsp3) is 0.192. The molecule has 2 heteroatoms. The molecular weight excluding hydrogens is 653 g/mol. The molecular formula is C52H40N2. The monoisotopic (exact) mass is 692 g/mol. The van der Waals surface area contributed by atoms with Crippen molar-refractivity contribution < 1.29 is 0 Å². The van der Waals surface area contributed by atoms with Crippen molar-refractivity contribution >= 4 is 0 Å². The molecule has 1 heterocycles. The van der Waals surface area contributed by atoms with Crippen molar-refractivity contribution in [3.8, 4) is 73.1 Å². The van der Waals surface area contributed by atoms with E-state index in [1.165, 1.54) is 82.2 Å². The van der Waals surface area contributed by atoms with E-state index in [2.05, 4.69) is 164 Å². The number of aromatic nitrogens is 1. The lowest BCUT2D eigenvalue weighted by Crippen LogP contribution is -2.55. The maximum Gasteiger partial charge on any atom is 0.0991 e. The van der Waals surface area contributed by atoms with Crippen LogP contribution in [0, 0.1) is 35.0 Å². The van der Waals surface area contributed by atoms with Crippen LogP contribution in [0.1, 0.15) is 48.8 Å². The van der Waals surface area contributed by atoms with Crippen molar-refractivity contribution in [3.05, 3.63) is 174 Å². The lowest BCUT2D eigenvalue weighted by molar-refractivity contribution is -0.0399. The van der Waals surface area contributed by atoms with E-state index >= 15 is 0 Å².